The lowest BCUT2D eigenvalue weighted by atomic mass is 9.94. The van der Waals surface area contributed by atoms with Gasteiger partial charge >= 0.3 is 0 Å². The van der Waals surface area contributed by atoms with Gasteiger partial charge in [0.05, 0.1) is 17.9 Å². The molecule has 1 atom stereocenters. The van der Waals surface area contributed by atoms with E-state index in [0.717, 1.165) is 12.2 Å². The van der Waals surface area contributed by atoms with E-state index >= 15 is 0 Å². The van der Waals surface area contributed by atoms with Gasteiger partial charge in [0.2, 0.25) is 0 Å². The van der Waals surface area contributed by atoms with Gasteiger partial charge in [-0.15, -0.1) is 11.3 Å². The summed E-state index contributed by atoms with van der Waals surface area (Å²) >= 11 is 1.89. The Kier molecular flexibility index (Phi) is 2.89. The molecule has 90 valence electrons. The first-order chi connectivity index (χ1) is 8.36. The van der Waals surface area contributed by atoms with Crippen LogP contribution in [0, 0.1) is 0 Å². The van der Waals surface area contributed by atoms with Crippen molar-refractivity contribution in [3.8, 4) is 0 Å². The van der Waals surface area contributed by atoms with Gasteiger partial charge in [0.1, 0.15) is 0 Å². The summed E-state index contributed by atoms with van der Waals surface area (Å²) in [5, 5.41) is 10.1. The maximum Gasteiger partial charge on any atom is 0.0731 e. The molecule has 0 aliphatic heterocycles. The molecule has 0 amide bonds. The summed E-state index contributed by atoms with van der Waals surface area (Å²) in [5.41, 5.74) is 2.63. The summed E-state index contributed by atoms with van der Waals surface area (Å²) in [4.78, 5) is 1.55. The molecule has 2 heterocycles. The first-order valence-electron chi connectivity index (χ1n) is 6.22. The van der Waals surface area contributed by atoms with Crippen molar-refractivity contribution in [3.63, 3.8) is 0 Å². The van der Waals surface area contributed by atoms with E-state index in [4.69, 9.17) is 0 Å². The fraction of sp³-hybridized carbons (Fsp3) is 0.462. The van der Waals surface area contributed by atoms with Gasteiger partial charge in [-0.1, -0.05) is 0 Å². The van der Waals surface area contributed by atoms with E-state index in [1.54, 1.807) is 4.88 Å². The molecule has 3 rings (SSSR count). The van der Waals surface area contributed by atoms with E-state index < -0.39 is 0 Å². The second kappa shape index (κ2) is 4.53. The Morgan fingerprint density at radius 2 is 2.53 bits per heavy atom. The minimum atomic E-state index is 0.472. The second-order valence-corrected chi connectivity index (χ2v) is 5.47. The lowest BCUT2D eigenvalue weighted by Crippen LogP contribution is -2.15. The maximum atomic E-state index is 4.30. The highest BCUT2D eigenvalue weighted by Gasteiger charge is 2.21. The van der Waals surface area contributed by atoms with Crippen molar-refractivity contribution in [1.29, 1.82) is 0 Å². The van der Waals surface area contributed by atoms with Crippen LogP contribution in [0.15, 0.2) is 23.8 Å². The molecule has 0 saturated heterocycles. The monoisotopic (exact) mass is 247 g/mol. The average Bonchev–Trinajstić information content (AvgIpc) is 2.97. The molecule has 0 spiro atoms. The van der Waals surface area contributed by atoms with Crippen molar-refractivity contribution < 1.29 is 0 Å². The number of anilines is 1. The summed E-state index contributed by atoms with van der Waals surface area (Å²) in [6, 6.07) is 2.74. The minimum absolute atomic E-state index is 0.472. The third kappa shape index (κ3) is 2.09. The van der Waals surface area contributed by atoms with Crippen molar-refractivity contribution in [2.75, 3.05) is 5.32 Å². The fourth-order valence-corrected chi connectivity index (χ4v) is 3.44. The normalized spacial score (nSPS) is 19.0. The van der Waals surface area contributed by atoms with E-state index in [0.29, 0.717) is 6.04 Å². The third-order valence-corrected chi connectivity index (χ3v) is 4.35. The maximum absolute atomic E-state index is 4.30. The average molecular weight is 247 g/mol. The van der Waals surface area contributed by atoms with Crippen molar-refractivity contribution in [1.82, 2.24) is 9.78 Å². The number of hydrogen-bond donors (Lipinski definition) is 1. The molecule has 1 aliphatic carbocycles. The lowest BCUT2D eigenvalue weighted by Gasteiger charge is -2.23. The smallest absolute Gasteiger partial charge is 0.0731 e. The molecule has 1 N–H and O–H groups in total. The Hall–Kier alpha value is -1.29. The van der Waals surface area contributed by atoms with Crippen molar-refractivity contribution in [2.45, 2.75) is 38.8 Å². The molecule has 17 heavy (non-hydrogen) atoms. The summed E-state index contributed by atoms with van der Waals surface area (Å²) in [5.74, 6) is 0. The fourth-order valence-electron chi connectivity index (χ4n) is 2.45. The molecule has 1 unspecified atom stereocenters. The number of nitrogens with zero attached hydrogens (tertiary/aromatic N) is 2. The summed E-state index contributed by atoms with van der Waals surface area (Å²) < 4.78 is 1.96. The SMILES string of the molecule is CCn1cc(NC2CCCc3sccc32)cn1. The Balaban J connectivity index is 1.78. The zero-order chi connectivity index (χ0) is 11.7. The zero-order valence-electron chi connectivity index (χ0n) is 10.0. The van der Waals surface area contributed by atoms with Crippen LogP contribution in [0.5, 0.6) is 0 Å². The molecule has 3 nitrogen and oxygen atoms in total. The van der Waals surface area contributed by atoms with Gasteiger partial charge in [0, 0.05) is 17.6 Å². The molecule has 4 heteroatoms. The summed E-state index contributed by atoms with van der Waals surface area (Å²) in [6.45, 7) is 3.03. The van der Waals surface area contributed by atoms with E-state index in [1.165, 1.54) is 24.8 Å². The highest BCUT2D eigenvalue weighted by Crippen LogP contribution is 2.35. The highest BCUT2D eigenvalue weighted by molar-refractivity contribution is 7.10. The highest BCUT2D eigenvalue weighted by atomic mass is 32.1. The number of aromatic nitrogens is 2. The number of rotatable bonds is 3. The molecule has 0 fully saturated rings. The Bertz CT molecular complexity index is 500. The predicted octanol–water partition coefficient (Wildman–Crippen LogP) is 3.45. The Morgan fingerprint density at radius 3 is 3.35 bits per heavy atom. The largest absolute Gasteiger partial charge is 0.376 e. The van der Waals surface area contributed by atoms with Gasteiger partial charge in [0.15, 0.2) is 0 Å². The van der Waals surface area contributed by atoms with Gasteiger partial charge in [-0.25, -0.2) is 0 Å². The van der Waals surface area contributed by atoms with Crippen LogP contribution in [-0.2, 0) is 13.0 Å². The lowest BCUT2D eigenvalue weighted by molar-refractivity contribution is 0.608. The molecular formula is C13H17N3S. The van der Waals surface area contributed by atoms with Crippen LogP contribution in [0.25, 0.3) is 0 Å². The quantitative estimate of drug-likeness (QED) is 0.900. The number of nitrogens with one attached hydrogen (secondary N) is 1. The molecular weight excluding hydrogens is 230 g/mol. The summed E-state index contributed by atoms with van der Waals surface area (Å²) in [6.07, 6.45) is 7.76. The molecule has 0 bridgehead atoms. The Labute approximate surface area is 105 Å². The molecule has 2 aromatic heterocycles. The van der Waals surface area contributed by atoms with E-state index in [9.17, 15) is 0 Å². The molecule has 0 saturated carbocycles. The van der Waals surface area contributed by atoms with Crippen LogP contribution in [-0.4, -0.2) is 9.78 Å². The number of thiophene rings is 1. The van der Waals surface area contributed by atoms with Crippen molar-refractivity contribution in [2.24, 2.45) is 0 Å². The van der Waals surface area contributed by atoms with E-state index in [-0.39, 0.29) is 0 Å². The molecule has 2 aromatic rings. The first kappa shape index (κ1) is 10.8. The topological polar surface area (TPSA) is 29.9 Å². The molecule has 0 aromatic carbocycles. The van der Waals surface area contributed by atoms with Crippen LogP contribution < -0.4 is 5.32 Å². The molecule has 1 aliphatic rings. The first-order valence-corrected chi connectivity index (χ1v) is 7.10. The van der Waals surface area contributed by atoms with E-state index in [2.05, 4.69) is 35.0 Å². The van der Waals surface area contributed by atoms with Gasteiger partial charge < -0.3 is 5.32 Å². The van der Waals surface area contributed by atoms with Crippen LogP contribution in [0.2, 0.25) is 0 Å². The van der Waals surface area contributed by atoms with Gasteiger partial charge in [-0.2, -0.15) is 5.10 Å². The van der Waals surface area contributed by atoms with Gasteiger partial charge in [-0.05, 0) is 43.2 Å². The number of fused-ring (bicyclic) bond motifs is 1. The Morgan fingerprint density at radius 1 is 1.59 bits per heavy atom. The van der Waals surface area contributed by atoms with Crippen LogP contribution in [0.1, 0.15) is 36.2 Å². The van der Waals surface area contributed by atoms with E-state index in [1.807, 2.05) is 22.2 Å². The van der Waals surface area contributed by atoms with Crippen LogP contribution >= 0.6 is 11.3 Å². The van der Waals surface area contributed by atoms with Crippen LogP contribution in [0.4, 0.5) is 5.69 Å². The van der Waals surface area contributed by atoms with Crippen LogP contribution in [0.3, 0.4) is 0 Å². The minimum Gasteiger partial charge on any atom is -0.376 e. The van der Waals surface area contributed by atoms with Gasteiger partial charge in [0.25, 0.3) is 0 Å². The van der Waals surface area contributed by atoms with Crippen molar-refractivity contribution in [3.05, 3.63) is 34.3 Å². The zero-order valence-corrected chi connectivity index (χ0v) is 10.8. The predicted molar refractivity (Wildman–Crippen MR) is 71.5 cm³/mol. The molecule has 0 radical (unpaired) electrons. The van der Waals surface area contributed by atoms with Crippen molar-refractivity contribution >= 4 is 17.0 Å². The number of hydrogen-bond acceptors (Lipinski definition) is 3. The number of aryl methyl sites for hydroxylation is 2. The third-order valence-electron chi connectivity index (χ3n) is 3.35. The second-order valence-electron chi connectivity index (χ2n) is 4.47. The van der Waals surface area contributed by atoms with Gasteiger partial charge in [-0.3, -0.25) is 4.68 Å². The summed E-state index contributed by atoms with van der Waals surface area (Å²) in [7, 11) is 0. The standard InChI is InChI=1S/C13H17N3S/c1-2-16-9-10(8-14-16)15-12-4-3-5-13-11(12)6-7-17-13/h6-9,12,15H,2-5H2,1H3.